The monoisotopic (exact) mass is 402 g/mol. The van der Waals surface area contributed by atoms with E-state index in [0.29, 0.717) is 11.6 Å². The molecule has 2 amide bonds. The standard InChI is InChI=1S/C23H32ClN3O/c1-4-26(5-2)17-9-10-19(3)27(18-20-11-7-6-8-12-20)23(28)25-22-15-13-21(24)14-16-22/h6-8,11-16,19H,4-5,9-10,17-18H2,1-3H3,(H,25,28)/p+1/t19-/m1/s1. The minimum absolute atomic E-state index is 0.0751. The van der Waals surface area contributed by atoms with Crippen molar-refractivity contribution in [2.75, 3.05) is 25.0 Å². The average Bonchev–Trinajstić information content (AvgIpc) is 2.71. The summed E-state index contributed by atoms with van der Waals surface area (Å²) in [5.74, 6) is 0. The van der Waals surface area contributed by atoms with Crippen LogP contribution in [0.1, 0.15) is 39.2 Å². The quantitative estimate of drug-likeness (QED) is 0.604. The van der Waals surface area contributed by atoms with Crippen molar-refractivity contribution in [2.45, 2.75) is 46.2 Å². The highest BCUT2D eigenvalue weighted by Gasteiger charge is 2.21. The number of nitrogens with one attached hydrogen (secondary N) is 2. The number of carbonyl (C=O) groups is 1. The van der Waals surface area contributed by atoms with E-state index in [0.717, 1.165) is 43.7 Å². The lowest BCUT2D eigenvalue weighted by atomic mass is 10.1. The predicted molar refractivity (Wildman–Crippen MR) is 118 cm³/mol. The first kappa shape index (κ1) is 22.3. The minimum Gasteiger partial charge on any atom is -0.335 e. The lowest BCUT2D eigenvalue weighted by molar-refractivity contribution is -0.896. The Morgan fingerprint density at radius 2 is 1.71 bits per heavy atom. The number of quaternary nitrogens is 1. The fraction of sp³-hybridized carbons (Fsp3) is 0.435. The van der Waals surface area contributed by atoms with E-state index in [1.165, 1.54) is 0 Å². The Balaban J connectivity index is 2.04. The molecule has 2 aromatic carbocycles. The third-order valence-electron chi connectivity index (χ3n) is 5.24. The number of urea groups is 1. The summed E-state index contributed by atoms with van der Waals surface area (Å²) >= 11 is 5.95. The van der Waals surface area contributed by atoms with Crippen molar-refractivity contribution in [1.29, 1.82) is 0 Å². The molecule has 0 aliphatic rings. The summed E-state index contributed by atoms with van der Waals surface area (Å²) in [5.41, 5.74) is 1.89. The van der Waals surface area contributed by atoms with Gasteiger partial charge in [-0.1, -0.05) is 41.9 Å². The third-order valence-corrected chi connectivity index (χ3v) is 5.49. The molecule has 28 heavy (non-hydrogen) atoms. The number of hydrogen-bond acceptors (Lipinski definition) is 1. The number of rotatable bonds is 10. The first-order chi connectivity index (χ1) is 13.5. The largest absolute Gasteiger partial charge is 0.335 e. The first-order valence-corrected chi connectivity index (χ1v) is 10.6. The Kier molecular flexibility index (Phi) is 9.32. The van der Waals surface area contributed by atoms with Crippen molar-refractivity contribution in [1.82, 2.24) is 4.90 Å². The van der Waals surface area contributed by atoms with Gasteiger partial charge in [-0.05, 0) is 63.4 Å². The fourth-order valence-corrected chi connectivity index (χ4v) is 3.47. The maximum absolute atomic E-state index is 13.0. The van der Waals surface area contributed by atoms with E-state index >= 15 is 0 Å². The molecule has 4 nitrogen and oxygen atoms in total. The Morgan fingerprint density at radius 1 is 1.07 bits per heavy atom. The van der Waals surface area contributed by atoms with E-state index in [-0.39, 0.29) is 12.1 Å². The Labute approximate surface area is 174 Å². The molecule has 2 N–H and O–H groups in total. The zero-order valence-electron chi connectivity index (χ0n) is 17.2. The average molecular weight is 403 g/mol. The second-order valence-electron chi connectivity index (χ2n) is 7.25. The Bertz CT molecular complexity index is 702. The van der Waals surface area contributed by atoms with E-state index in [4.69, 9.17) is 11.6 Å². The molecule has 0 saturated carbocycles. The summed E-state index contributed by atoms with van der Waals surface area (Å²) in [6.45, 7) is 10.6. The number of halogens is 1. The van der Waals surface area contributed by atoms with Gasteiger partial charge in [0.15, 0.2) is 0 Å². The number of anilines is 1. The molecule has 0 aromatic heterocycles. The number of benzene rings is 2. The Morgan fingerprint density at radius 3 is 2.32 bits per heavy atom. The minimum atomic E-state index is -0.0751. The third kappa shape index (κ3) is 7.17. The van der Waals surface area contributed by atoms with E-state index < -0.39 is 0 Å². The first-order valence-electron chi connectivity index (χ1n) is 10.2. The fourth-order valence-electron chi connectivity index (χ4n) is 3.34. The summed E-state index contributed by atoms with van der Waals surface area (Å²) in [6, 6.07) is 17.5. The molecular formula is C23H33ClN3O+. The van der Waals surface area contributed by atoms with Crippen LogP contribution in [0.2, 0.25) is 5.02 Å². The summed E-state index contributed by atoms with van der Waals surface area (Å²) < 4.78 is 0. The number of nitrogens with zero attached hydrogens (tertiary/aromatic N) is 1. The number of carbonyl (C=O) groups excluding carboxylic acids is 1. The number of hydrogen-bond donors (Lipinski definition) is 2. The maximum Gasteiger partial charge on any atom is 0.322 e. The molecule has 0 radical (unpaired) electrons. The van der Waals surface area contributed by atoms with Crippen LogP contribution in [-0.4, -0.2) is 36.6 Å². The second kappa shape index (κ2) is 11.7. The van der Waals surface area contributed by atoms with Gasteiger partial charge < -0.3 is 15.1 Å². The molecule has 152 valence electrons. The van der Waals surface area contributed by atoms with Crippen LogP contribution in [-0.2, 0) is 6.54 Å². The van der Waals surface area contributed by atoms with Gasteiger partial charge in [-0.2, -0.15) is 0 Å². The second-order valence-corrected chi connectivity index (χ2v) is 7.69. The van der Waals surface area contributed by atoms with Gasteiger partial charge in [0.25, 0.3) is 0 Å². The van der Waals surface area contributed by atoms with Gasteiger partial charge >= 0.3 is 6.03 Å². The predicted octanol–water partition coefficient (Wildman–Crippen LogP) is 4.47. The smallest absolute Gasteiger partial charge is 0.322 e. The van der Waals surface area contributed by atoms with Crippen LogP contribution in [0, 0.1) is 0 Å². The van der Waals surface area contributed by atoms with Crippen LogP contribution < -0.4 is 10.2 Å². The summed E-state index contributed by atoms with van der Waals surface area (Å²) in [7, 11) is 0. The van der Waals surface area contributed by atoms with Gasteiger partial charge in [-0.15, -0.1) is 0 Å². The van der Waals surface area contributed by atoms with Crippen LogP contribution in [0.25, 0.3) is 0 Å². The van der Waals surface area contributed by atoms with E-state index in [2.05, 4.69) is 38.2 Å². The molecule has 0 aliphatic carbocycles. The van der Waals surface area contributed by atoms with Crippen LogP contribution in [0.15, 0.2) is 54.6 Å². The zero-order valence-corrected chi connectivity index (χ0v) is 18.0. The van der Waals surface area contributed by atoms with Crippen LogP contribution in [0.4, 0.5) is 10.5 Å². The number of amides is 2. The molecule has 2 aromatic rings. The van der Waals surface area contributed by atoms with Crippen molar-refractivity contribution in [3.63, 3.8) is 0 Å². The van der Waals surface area contributed by atoms with Gasteiger partial charge in [0, 0.05) is 23.3 Å². The zero-order chi connectivity index (χ0) is 20.4. The highest BCUT2D eigenvalue weighted by molar-refractivity contribution is 6.30. The molecule has 0 fully saturated rings. The summed E-state index contributed by atoms with van der Waals surface area (Å²) in [6.07, 6.45) is 2.10. The van der Waals surface area contributed by atoms with Crippen molar-refractivity contribution < 1.29 is 9.69 Å². The van der Waals surface area contributed by atoms with Crippen molar-refractivity contribution >= 4 is 23.3 Å². The topological polar surface area (TPSA) is 36.8 Å². The van der Waals surface area contributed by atoms with Crippen molar-refractivity contribution in [2.24, 2.45) is 0 Å². The summed E-state index contributed by atoms with van der Waals surface area (Å²) in [4.78, 5) is 16.6. The Hall–Kier alpha value is -2.04. The van der Waals surface area contributed by atoms with Gasteiger partial charge in [-0.25, -0.2) is 4.79 Å². The highest BCUT2D eigenvalue weighted by atomic mass is 35.5. The molecule has 0 spiro atoms. The molecule has 0 heterocycles. The van der Waals surface area contributed by atoms with E-state index in [9.17, 15) is 4.79 Å². The molecule has 0 aliphatic heterocycles. The molecular weight excluding hydrogens is 370 g/mol. The molecule has 0 unspecified atom stereocenters. The maximum atomic E-state index is 13.0. The van der Waals surface area contributed by atoms with Gasteiger partial charge in [0.1, 0.15) is 0 Å². The van der Waals surface area contributed by atoms with Gasteiger partial charge in [0.2, 0.25) is 0 Å². The van der Waals surface area contributed by atoms with Crippen molar-refractivity contribution in [3.05, 3.63) is 65.2 Å². The van der Waals surface area contributed by atoms with E-state index in [1.807, 2.05) is 35.2 Å². The summed E-state index contributed by atoms with van der Waals surface area (Å²) in [5, 5.41) is 3.67. The molecule has 0 bridgehead atoms. The van der Waals surface area contributed by atoms with Crippen LogP contribution in [0.3, 0.4) is 0 Å². The molecule has 2 rings (SSSR count). The molecule has 5 heteroatoms. The van der Waals surface area contributed by atoms with Gasteiger partial charge in [-0.3, -0.25) is 0 Å². The lowest BCUT2D eigenvalue weighted by Crippen LogP contribution is -3.11. The van der Waals surface area contributed by atoms with Crippen molar-refractivity contribution in [3.8, 4) is 0 Å². The molecule has 0 saturated heterocycles. The van der Waals surface area contributed by atoms with Crippen LogP contribution in [0.5, 0.6) is 0 Å². The van der Waals surface area contributed by atoms with Crippen LogP contribution >= 0.6 is 11.6 Å². The molecule has 1 atom stereocenters. The lowest BCUT2D eigenvalue weighted by Gasteiger charge is -2.30. The SMILES string of the molecule is CC[NH+](CC)CCC[C@@H](C)N(Cc1ccccc1)C(=O)Nc1ccc(Cl)cc1. The van der Waals surface area contributed by atoms with E-state index in [1.54, 1.807) is 17.0 Å². The normalized spacial score (nSPS) is 12.0. The highest BCUT2D eigenvalue weighted by Crippen LogP contribution is 2.17. The van der Waals surface area contributed by atoms with Gasteiger partial charge in [0.05, 0.1) is 19.6 Å².